The van der Waals surface area contributed by atoms with Crippen molar-refractivity contribution in [2.45, 2.75) is 142 Å². The van der Waals surface area contributed by atoms with E-state index in [1.807, 2.05) is 20.8 Å². The molecule has 1 aliphatic carbocycles. The highest BCUT2D eigenvalue weighted by Crippen LogP contribution is 2.28. The average Bonchev–Trinajstić information content (AvgIpc) is 3.07. The first-order chi connectivity index (χ1) is 23.1. The molecule has 5 amide bonds. The lowest BCUT2D eigenvalue weighted by molar-refractivity contribution is -0.160. The van der Waals surface area contributed by atoms with Gasteiger partial charge in [-0.2, -0.15) is 0 Å². The Labute approximate surface area is 291 Å². The molecule has 1 saturated carbocycles. The fourth-order valence-electron chi connectivity index (χ4n) is 6.82. The molecule has 2 aliphatic rings. The highest BCUT2D eigenvalue weighted by atomic mass is 16.5. The van der Waals surface area contributed by atoms with E-state index in [-0.39, 0.29) is 24.3 Å². The molecule has 7 N–H and O–H groups in total. The number of aliphatic hydroxyl groups is 1. The summed E-state index contributed by atoms with van der Waals surface area (Å²) in [5.41, 5.74) is 5.89. The van der Waals surface area contributed by atoms with Crippen molar-refractivity contribution >= 4 is 35.5 Å². The number of nitrogens with two attached hydrogens (primary N) is 1. The second-order valence-electron chi connectivity index (χ2n) is 14.4. The summed E-state index contributed by atoms with van der Waals surface area (Å²) >= 11 is 0. The van der Waals surface area contributed by atoms with Crippen LogP contribution in [0.15, 0.2) is 0 Å². The van der Waals surface area contributed by atoms with E-state index < -0.39 is 84.3 Å². The van der Waals surface area contributed by atoms with Crippen LogP contribution < -0.4 is 27.0 Å². The highest BCUT2D eigenvalue weighted by Gasteiger charge is 2.40. The second-order valence-corrected chi connectivity index (χ2v) is 14.4. The van der Waals surface area contributed by atoms with E-state index in [0.29, 0.717) is 25.7 Å². The zero-order chi connectivity index (χ0) is 36.8. The molecular formula is C35H62N6O8. The number of esters is 1. The number of hydrogen-bond donors (Lipinski definition) is 6. The van der Waals surface area contributed by atoms with Gasteiger partial charge in [-0.15, -0.1) is 0 Å². The maximum absolute atomic E-state index is 14.1. The van der Waals surface area contributed by atoms with Gasteiger partial charge in [-0.05, 0) is 50.4 Å². The van der Waals surface area contributed by atoms with Crippen molar-refractivity contribution < 1.29 is 38.6 Å². The SMILES string of the molecule is CCCCCC(C)[C@H]1OC(=O)CNC(=O)[C@H](C(C)O)NC(=O)[C@H](CN)NC(=O)[C@H](C2CCCCC2)NC(=O)[C@H](CC(C)C)N(C)C(=O)[C@@H]1C. The molecular weight excluding hydrogens is 632 g/mol. The Morgan fingerprint density at radius 2 is 1.55 bits per heavy atom. The largest absolute Gasteiger partial charge is 0.460 e. The van der Waals surface area contributed by atoms with Crippen molar-refractivity contribution in [1.29, 1.82) is 0 Å². The first-order valence-electron chi connectivity index (χ1n) is 18.2. The number of nitrogens with one attached hydrogen (secondary N) is 4. The standard InChI is InChI=1S/C35H62N6O8/c1-8-9-11-14-21(4)30-22(5)35(48)41(7)26(17-20(2)3)32(45)40-29(24-15-12-10-13-16-24)34(47)38-25(18-36)31(44)39-28(23(6)42)33(46)37-19-27(43)49-30/h20-26,28-30,42H,8-19,36H2,1-7H3,(H,37,46)(H,38,47)(H,39,44)(H,40,45)/t21?,22-,23?,25+,26+,28+,29+,30-/m1/s1. The molecule has 280 valence electrons. The topological polar surface area (TPSA) is 209 Å². The number of cyclic esters (lactones) is 1. The molecule has 14 heteroatoms. The van der Waals surface area contributed by atoms with E-state index in [1.165, 1.54) is 11.8 Å². The van der Waals surface area contributed by atoms with Gasteiger partial charge >= 0.3 is 5.97 Å². The van der Waals surface area contributed by atoms with E-state index in [0.717, 1.165) is 38.5 Å². The van der Waals surface area contributed by atoms with E-state index in [1.54, 1.807) is 14.0 Å². The third-order valence-corrected chi connectivity index (χ3v) is 9.83. The lowest BCUT2D eigenvalue weighted by atomic mass is 9.83. The summed E-state index contributed by atoms with van der Waals surface area (Å²) in [5, 5.41) is 20.8. The Bertz CT molecular complexity index is 1130. The van der Waals surface area contributed by atoms with Crippen molar-refractivity contribution in [1.82, 2.24) is 26.2 Å². The molecule has 2 fully saturated rings. The molecule has 2 rings (SSSR count). The van der Waals surface area contributed by atoms with Gasteiger partial charge in [-0.1, -0.05) is 73.1 Å². The van der Waals surface area contributed by atoms with Crippen LogP contribution in [0.4, 0.5) is 0 Å². The number of carbonyl (C=O) groups excluding carboxylic acids is 6. The number of ether oxygens (including phenoxy) is 1. The molecule has 0 radical (unpaired) electrons. The fourth-order valence-corrected chi connectivity index (χ4v) is 6.82. The average molecular weight is 695 g/mol. The van der Waals surface area contributed by atoms with Crippen LogP contribution in [0.5, 0.6) is 0 Å². The highest BCUT2D eigenvalue weighted by molar-refractivity contribution is 5.96. The minimum atomic E-state index is -1.48. The van der Waals surface area contributed by atoms with Crippen LogP contribution in [-0.2, 0) is 33.5 Å². The third-order valence-electron chi connectivity index (χ3n) is 9.83. The molecule has 0 aromatic heterocycles. The maximum Gasteiger partial charge on any atom is 0.325 e. The number of amides is 5. The van der Waals surface area contributed by atoms with Crippen molar-refractivity contribution in [3.8, 4) is 0 Å². The van der Waals surface area contributed by atoms with Gasteiger partial charge < -0.3 is 41.7 Å². The summed E-state index contributed by atoms with van der Waals surface area (Å²) in [7, 11) is 1.55. The van der Waals surface area contributed by atoms with Crippen molar-refractivity contribution in [2.24, 2.45) is 29.4 Å². The van der Waals surface area contributed by atoms with Gasteiger partial charge in [0.05, 0.1) is 12.0 Å². The van der Waals surface area contributed by atoms with Gasteiger partial charge in [-0.25, -0.2) is 0 Å². The summed E-state index contributed by atoms with van der Waals surface area (Å²) < 4.78 is 5.87. The van der Waals surface area contributed by atoms with Gasteiger partial charge in [0.25, 0.3) is 0 Å². The molecule has 1 aliphatic heterocycles. The minimum Gasteiger partial charge on any atom is -0.460 e. The summed E-state index contributed by atoms with van der Waals surface area (Å²) in [5.74, 6) is -5.21. The van der Waals surface area contributed by atoms with Crippen molar-refractivity contribution in [3.63, 3.8) is 0 Å². The first-order valence-corrected chi connectivity index (χ1v) is 18.2. The normalized spacial score (nSPS) is 29.1. The molecule has 0 bridgehead atoms. The first kappa shape index (κ1) is 41.9. The predicted octanol–water partition coefficient (Wildman–Crippen LogP) is 1.13. The van der Waals surface area contributed by atoms with E-state index in [2.05, 4.69) is 28.2 Å². The predicted molar refractivity (Wildman–Crippen MR) is 184 cm³/mol. The second kappa shape index (κ2) is 20.4. The zero-order valence-corrected chi connectivity index (χ0v) is 30.6. The van der Waals surface area contributed by atoms with Gasteiger partial charge in [0.1, 0.15) is 36.8 Å². The Kier molecular flexibility index (Phi) is 17.5. The number of unbranched alkanes of at least 4 members (excludes halogenated alkanes) is 2. The molecule has 1 saturated heterocycles. The van der Waals surface area contributed by atoms with Crippen LogP contribution in [0.2, 0.25) is 0 Å². The molecule has 2 unspecified atom stereocenters. The fraction of sp³-hybridized carbons (Fsp3) is 0.829. The van der Waals surface area contributed by atoms with Crippen LogP contribution in [0.25, 0.3) is 0 Å². The maximum atomic E-state index is 14.1. The molecule has 1 heterocycles. The van der Waals surface area contributed by atoms with Crippen molar-refractivity contribution in [2.75, 3.05) is 20.1 Å². The minimum absolute atomic E-state index is 0.0160. The van der Waals surface area contributed by atoms with E-state index in [4.69, 9.17) is 10.5 Å². The van der Waals surface area contributed by atoms with Crippen LogP contribution in [0.3, 0.4) is 0 Å². The van der Waals surface area contributed by atoms with Crippen LogP contribution in [0, 0.1) is 23.7 Å². The lowest BCUT2D eigenvalue weighted by Gasteiger charge is -2.36. The van der Waals surface area contributed by atoms with Gasteiger partial charge in [0.15, 0.2) is 0 Å². The molecule has 14 nitrogen and oxygen atoms in total. The molecule has 0 aromatic carbocycles. The Morgan fingerprint density at radius 1 is 0.898 bits per heavy atom. The number of carbonyl (C=O) groups is 6. The Morgan fingerprint density at radius 3 is 2.12 bits per heavy atom. The molecule has 49 heavy (non-hydrogen) atoms. The summed E-state index contributed by atoms with van der Waals surface area (Å²) in [6, 6.07) is -4.70. The van der Waals surface area contributed by atoms with Crippen LogP contribution >= 0.6 is 0 Å². The Hall–Kier alpha value is -3.26. The van der Waals surface area contributed by atoms with Gasteiger partial charge in [0.2, 0.25) is 29.5 Å². The molecule has 0 spiro atoms. The summed E-state index contributed by atoms with van der Waals surface area (Å²) in [4.78, 5) is 83.0. The molecule has 8 atom stereocenters. The third kappa shape index (κ3) is 12.5. The van der Waals surface area contributed by atoms with Crippen LogP contribution in [-0.4, -0.2) is 102 Å². The molecule has 0 aromatic rings. The van der Waals surface area contributed by atoms with Gasteiger partial charge in [0, 0.05) is 13.6 Å². The monoisotopic (exact) mass is 694 g/mol. The number of aliphatic hydroxyl groups excluding tert-OH is 1. The number of rotatable bonds is 10. The van der Waals surface area contributed by atoms with E-state index in [9.17, 15) is 33.9 Å². The quantitative estimate of drug-likeness (QED) is 0.143. The summed E-state index contributed by atoms with van der Waals surface area (Å²) in [6.45, 7) is 9.93. The van der Waals surface area contributed by atoms with E-state index >= 15 is 0 Å². The number of hydrogen-bond acceptors (Lipinski definition) is 9. The Balaban J connectivity index is 2.60. The van der Waals surface area contributed by atoms with Crippen LogP contribution in [0.1, 0.15) is 106 Å². The number of nitrogens with zero attached hydrogens (tertiary/aromatic N) is 1. The summed E-state index contributed by atoms with van der Waals surface area (Å²) in [6.07, 6.45) is 5.71. The lowest BCUT2D eigenvalue weighted by Crippen LogP contribution is -2.62. The smallest absolute Gasteiger partial charge is 0.325 e. The van der Waals surface area contributed by atoms with Gasteiger partial charge in [-0.3, -0.25) is 28.8 Å². The zero-order valence-electron chi connectivity index (χ0n) is 30.6. The number of likely N-dealkylation sites (N-methyl/N-ethyl adjacent to an activating group) is 1. The van der Waals surface area contributed by atoms with Crippen molar-refractivity contribution in [3.05, 3.63) is 0 Å².